The molecule has 2 atom stereocenters. The zero-order chi connectivity index (χ0) is 27.1. The Morgan fingerprint density at radius 3 is 1.27 bits per heavy atom. The highest BCUT2D eigenvalue weighted by Gasteiger charge is 2.11. The molecule has 0 spiro atoms. The molecule has 0 radical (unpaired) electrons. The van der Waals surface area contributed by atoms with E-state index in [9.17, 15) is 0 Å². The summed E-state index contributed by atoms with van der Waals surface area (Å²) in [7, 11) is 0. The Morgan fingerprint density at radius 1 is 0.486 bits per heavy atom. The normalized spacial score (nSPS) is 13.7. The summed E-state index contributed by atoms with van der Waals surface area (Å²) in [5.74, 6) is 0. The molecule has 0 saturated heterocycles. The van der Waals surface area contributed by atoms with Gasteiger partial charge in [0.15, 0.2) is 0 Å². The van der Waals surface area contributed by atoms with Gasteiger partial charge in [-0.05, 0) is 51.4 Å². The smallest absolute Gasteiger partial charge is 0.149 e. The van der Waals surface area contributed by atoms with Gasteiger partial charge in [0.1, 0.15) is 13.6 Å². The minimum atomic E-state index is 0.209. The summed E-state index contributed by atoms with van der Waals surface area (Å²) < 4.78 is 18.0. The van der Waals surface area contributed by atoms with Gasteiger partial charge in [0.2, 0.25) is 0 Å². The van der Waals surface area contributed by atoms with Crippen molar-refractivity contribution < 1.29 is 24.4 Å². The Bertz CT molecular complexity index is 438. The molecule has 0 saturated carbocycles. The third-order valence-electron chi connectivity index (χ3n) is 6.77. The van der Waals surface area contributed by atoms with Gasteiger partial charge in [-0.15, -0.1) is 0 Å². The first-order valence-corrected chi connectivity index (χ1v) is 15.6. The molecule has 0 fully saturated rings. The second-order valence-electron chi connectivity index (χ2n) is 10.3. The van der Waals surface area contributed by atoms with E-state index >= 15 is 0 Å². The van der Waals surface area contributed by atoms with E-state index in [1.54, 1.807) is 0 Å². The Balaban J connectivity index is 4.33. The Labute approximate surface area is 230 Å². The maximum atomic E-state index is 8.94. The molecule has 0 aliphatic rings. The molecule has 0 aromatic rings. The number of hydrogen-bond donors (Lipinski definition) is 2. The summed E-state index contributed by atoms with van der Waals surface area (Å²) >= 11 is 0. The summed E-state index contributed by atoms with van der Waals surface area (Å²) in [5, 5.41) is 17.9. The Hall–Kier alpha value is -0.720. The molecule has 0 bridgehead atoms. The van der Waals surface area contributed by atoms with Crippen LogP contribution in [-0.4, -0.2) is 49.2 Å². The molecule has 0 aromatic carbocycles. The highest BCUT2D eigenvalue weighted by Crippen LogP contribution is 2.17. The van der Waals surface area contributed by atoms with E-state index in [0.717, 1.165) is 51.4 Å². The molecule has 5 heteroatoms. The number of hydrogen-bond acceptors (Lipinski definition) is 5. The van der Waals surface area contributed by atoms with E-state index in [-0.39, 0.29) is 39.0 Å². The van der Waals surface area contributed by atoms with E-state index in [1.807, 2.05) is 0 Å². The SMILES string of the molecule is CCCCCCCCC(CC/C=C\CCO)OCOCOC(CC/C=C\CCO)CCCCCCCC. The fourth-order valence-corrected chi connectivity index (χ4v) is 4.43. The lowest BCUT2D eigenvalue weighted by atomic mass is 10.0. The summed E-state index contributed by atoms with van der Waals surface area (Å²) in [6.45, 7) is 5.49. The zero-order valence-electron chi connectivity index (χ0n) is 24.6. The molecule has 0 aliphatic carbocycles. The summed E-state index contributed by atoms with van der Waals surface area (Å²) in [5.41, 5.74) is 0. The van der Waals surface area contributed by atoms with Crippen molar-refractivity contribution in [2.24, 2.45) is 0 Å². The standard InChI is InChI=1S/C32H62O5/c1-3-5-7-9-11-17-23-31(25-19-13-15-21-27-33)36-29-35-30-37-32(26-20-14-16-22-28-34)24-18-12-10-8-6-4-2/h13-16,31-34H,3-12,17-30H2,1-2H3/b15-13-,16-14-. The number of rotatable bonds is 30. The summed E-state index contributed by atoms with van der Waals surface area (Å²) in [6.07, 6.45) is 31.8. The number of aliphatic hydroxyl groups is 2. The van der Waals surface area contributed by atoms with Crippen LogP contribution in [0.1, 0.15) is 142 Å². The highest BCUT2D eigenvalue weighted by atomic mass is 16.7. The van der Waals surface area contributed by atoms with Crippen molar-refractivity contribution in [2.75, 3.05) is 26.8 Å². The largest absolute Gasteiger partial charge is 0.396 e. The quantitative estimate of drug-likeness (QED) is 0.0557. The van der Waals surface area contributed by atoms with Crippen LogP contribution in [0.3, 0.4) is 0 Å². The van der Waals surface area contributed by atoms with Crippen LogP contribution in [-0.2, 0) is 14.2 Å². The van der Waals surface area contributed by atoms with Crippen LogP contribution in [0.5, 0.6) is 0 Å². The monoisotopic (exact) mass is 526 g/mol. The maximum Gasteiger partial charge on any atom is 0.149 e. The van der Waals surface area contributed by atoms with Crippen LogP contribution in [0.4, 0.5) is 0 Å². The zero-order valence-corrected chi connectivity index (χ0v) is 24.6. The van der Waals surface area contributed by atoms with Gasteiger partial charge >= 0.3 is 0 Å². The maximum absolute atomic E-state index is 8.94. The van der Waals surface area contributed by atoms with Crippen molar-refractivity contribution in [1.29, 1.82) is 0 Å². The van der Waals surface area contributed by atoms with Crippen LogP contribution in [0.15, 0.2) is 24.3 Å². The first-order chi connectivity index (χ1) is 18.3. The van der Waals surface area contributed by atoms with Crippen LogP contribution in [0.2, 0.25) is 0 Å². The third-order valence-corrected chi connectivity index (χ3v) is 6.77. The minimum Gasteiger partial charge on any atom is -0.396 e. The van der Waals surface area contributed by atoms with E-state index in [1.165, 1.54) is 77.0 Å². The first-order valence-electron chi connectivity index (χ1n) is 15.6. The third kappa shape index (κ3) is 28.1. The average molecular weight is 527 g/mol. The Kier molecular flexibility index (Phi) is 30.9. The lowest BCUT2D eigenvalue weighted by molar-refractivity contribution is -0.167. The van der Waals surface area contributed by atoms with Crippen molar-refractivity contribution in [2.45, 2.75) is 154 Å². The predicted octanol–water partition coefficient (Wildman–Crippen LogP) is 8.63. The summed E-state index contributed by atoms with van der Waals surface area (Å²) in [4.78, 5) is 0. The molecule has 220 valence electrons. The molecule has 0 heterocycles. The van der Waals surface area contributed by atoms with Crippen molar-refractivity contribution in [3.63, 3.8) is 0 Å². The van der Waals surface area contributed by atoms with E-state index in [0.29, 0.717) is 0 Å². The second-order valence-corrected chi connectivity index (χ2v) is 10.3. The number of aliphatic hydroxyl groups excluding tert-OH is 2. The van der Waals surface area contributed by atoms with Gasteiger partial charge in [-0.3, -0.25) is 0 Å². The number of ether oxygens (including phenoxy) is 3. The van der Waals surface area contributed by atoms with Gasteiger partial charge in [-0.25, -0.2) is 0 Å². The second kappa shape index (κ2) is 31.5. The van der Waals surface area contributed by atoms with Crippen LogP contribution < -0.4 is 0 Å². The molecule has 2 N–H and O–H groups in total. The van der Waals surface area contributed by atoms with Crippen LogP contribution in [0, 0.1) is 0 Å². The fourth-order valence-electron chi connectivity index (χ4n) is 4.43. The molecule has 0 rings (SSSR count). The highest BCUT2D eigenvalue weighted by molar-refractivity contribution is 4.83. The minimum absolute atomic E-state index is 0.209. The molecule has 0 aromatic heterocycles. The topological polar surface area (TPSA) is 68.2 Å². The number of allylic oxidation sites excluding steroid dienone is 2. The van der Waals surface area contributed by atoms with Gasteiger partial charge in [-0.2, -0.15) is 0 Å². The van der Waals surface area contributed by atoms with Gasteiger partial charge < -0.3 is 24.4 Å². The van der Waals surface area contributed by atoms with Gasteiger partial charge in [0.05, 0.1) is 12.2 Å². The molecule has 0 aliphatic heterocycles. The van der Waals surface area contributed by atoms with Crippen molar-refractivity contribution in [1.82, 2.24) is 0 Å². The van der Waals surface area contributed by atoms with Gasteiger partial charge in [-0.1, -0.05) is 115 Å². The van der Waals surface area contributed by atoms with Crippen LogP contribution >= 0.6 is 0 Å². The first kappa shape index (κ1) is 36.3. The number of unbranched alkanes of at least 4 members (excludes halogenated alkanes) is 10. The average Bonchev–Trinajstić information content (AvgIpc) is 2.91. The molecular formula is C32H62O5. The predicted molar refractivity (Wildman–Crippen MR) is 157 cm³/mol. The van der Waals surface area contributed by atoms with Crippen molar-refractivity contribution in [3.05, 3.63) is 24.3 Å². The molecule has 37 heavy (non-hydrogen) atoms. The van der Waals surface area contributed by atoms with E-state index in [2.05, 4.69) is 38.2 Å². The fraction of sp³-hybridized carbons (Fsp3) is 0.875. The lowest BCUT2D eigenvalue weighted by Gasteiger charge is -2.20. The van der Waals surface area contributed by atoms with Gasteiger partial charge in [0.25, 0.3) is 0 Å². The lowest BCUT2D eigenvalue weighted by Crippen LogP contribution is -2.19. The van der Waals surface area contributed by atoms with Crippen LogP contribution in [0.25, 0.3) is 0 Å². The Morgan fingerprint density at radius 2 is 0.865 bits per heavy atom. The van der Waals surface area contributed by atoms with E-state index < -0.39 is 0 Å². The van der Waals surface area contributed by atoms with E-state index in [4.69, 9.17) is 24.4 Å². The molecule has 5 nitrogen and oxygen atoms in total. The molecule has 2 unspecified atom stereocenters. The van der Waals surface area contributed by atoms with Gasteiger partial charge in [0, 0.05) is 13.2 Å². The molecular weight excluding hydrogens is 464 g/mol. The van der Waals surface area contributed by atoms with Crippen molar-refractivity contribution in [3.8, 4) is 0 Å². The summed E-state index contributed by atoms with van der Waals surface area (Å²) in [6, 6.07) is 0. The van der Waals surface area contributed by atoms with Crippen molar-refractivity contribution >= 4 is 0 Å². The molecule has 0 amide bonds.